The molecule has 1 aliphatic rings. The maximum absolute atomic E-state index is 2.32. The van der Waals surface area contributed by atoms with E-state index in [1.165, 1.54) is 11.3 Å². The molecule has 0 unspecified atom stereocenters. The van der Waals surface area contributed by atoms with Crippen LogP contribution < -0.4 is 0 Å². The Bertz CT molecular complexity index is 496. The van der Waals surface area contributed by atoms with Crippen LogP contribution in [-0.2, 0) is 13.1 Å². The molecule has 0 amide bonds. The molecule has 0 atom stereocenters. The molecule has 0 saturated carbocycles. The smallest absolute Gasteiger partial charge is 0.0584 e. The second-order valence-corrected chi connectivity index (χ2v) is 4.10. The first kappa shape index (κ1) is 9.28. The Morgan fingerprint density at radius 2 is 1.81 bits per heavy atom. The van der Waals surface area contributed by atoms with E-state index in [4.69, 9.17) is 0 Å². The van der Waals surface area contributed by atoms with E-state index in [2.05, 4.69) is 70.5 Å². The van der Waals surface area contributed by atoms with Gasteiger partial charge in [-0.25, -0.2) is 0 Å². The summed E-state index contributed by atoms with van der Waals surface area (Å²) in [6.07, 6.45) is 6.35. The summed E-state index contributed by atoms with van der Waals surface area (Å²) in [5.74, 6) is 0. The van der Waals surface area contributed by atoms with Gasteiger partial charge in [0.25, 0.3) is 0 Å². The van der Waals surface area contributed by atoms with E-state index in [0.717, 1.165) is 13.1 Å². The van der Waals surface area contributed by atoms with Crippen molar-refractivity contribution in [2.75, 3.05) is 0 Å². The van der Waals surface area contributed by atoms with Crippen molar-refractivity contribution >= 4 is 6.20 Å². The van der Waals surface area contributed by atoms with Crippen molar-refractivity contribution in [1.82, 2.24) is 9.47 Å². The molecular weight excluding hydrogens is 196 g/mol. The Hall–Kier alpha value is -1.96. The molecule has 2 aromatic rings. The average molecular weight is 210 g/mol. The summed E-state index contributed by atoms with van der Waals surface area (Å²) in [7, 11) is 0. The van der Waals surface area contributed by atoms with Gasteiger partial charge < -0.3 is 9.47 Å². The second-order valence-electron chi connectivity index (χ2n) is 4.10. The average Bonchev–Trinajstić information content (AvgIpc) is 2.77. The van der Waals surface area contributed by atoms with E-state index in [1.54, 1.807) is 0 Å². The molecule has 0 radical (unpaired) electrons. The van der Waals surface area contributed by atoms with Gasteiger partial charge >= 0.3 is 0 Å². The summed E-state index contributed by atoms with van der Waals surface area (Å²) in [4.78, 5) is 2.32. The van der Waals surface area contributed by atoms with Crippen molar-refractivity contribution in [3.8, 4) is 0 Å². The molecule has 2 heteroatoms. The SMILES string of the molecule is C1=Cn2cccc2CN1Cc1ccccc1. The quantitative estimate of drug-likeness (QED) is 0.740. The number of rotatable bonds is 2. The Morgan fingerprint density at radius 3 is 2.69 bits per heavy atom. The van der Waals surface area contributed by atoms with Gasteiger partial charge in [-0.2, -0.15) is 0 Å². The first-order valence-corrected chi connectivity index (χ1v) is 5.54. The van der Waals surface area contributed by atoms with Crippen LogP contribution in [0.1, 0.15) is 11.3 Å². The minimum Gasteiger partial charge on any atom is -0.366 e. The zero-order valence-corrected chi connectivity index (χ0v) is 9.08. The molecule has 0 N–H and O–H groups in total. The van der Waals surface area contributed by atoms with E-state index < -0.39 is 0 Å². The third kappa shape index (κ3) is 1.74. The lowest BCUT2D eigenvalue weighted by molar-refractivity contribution is 0.348. The number of fused-ring (bicyclic) bond motifs is 1. The normalized spacial score (nSPS) is 13.9. The fourth-order valence-electron chi connectivity index (χ4n) is 2.06. The van der Waals surface area contributed by atoms with Crippen LogP contribution in [0.25, 0.3) is 6.20 Å². The predicted octanol–water partition coefficient (Wildman–Crippen LogP) is 2.93. The summed E-state index contributed by atoms with van der Waals surface area (Å²) in [6.45, 7) is 1.96. The van der Waals surface area contributed by atoms with Crippen molar-refractivity contribution in [2.45, 2.75) is 13.1 Å². The molecule has 1 aliphatic heterocycles. The van der Waals surface area contributed by atoms with E-state index in [1.807, 2.05) is 0 Å². The molecule has 0 bridgehead atoms. The fourth-order valence-corrected chi connectivity index (χ4v) is 2.06. The Morgan fingerprint density at radius 1 is 0.938 bits per heavy atom. The van der Waals surface area contributed by atoms with Crippen LogP contribution >= 0.6 is 0 Å². The van der Waals surface area contributed by atoms with Crippen LogP contribution in [0.2, 0.25) is 0 Å². The van der Waals surface area contributed by atoms with Gasteiger partial charge in [-0.1, -0.05) is 30.3 Å². The third-order valence-corrected chi connectivity index (χ3v) is 2.90. The second kappa shape index (κ2) is 3.89. The summed E-state index contributed by atoms with van der Waals surface area (Å²) in [5, 5.41) is 0. The number of aromatic nitrogens is 1. The van der Waals surface area contributed by atoms with Gasteiger partial charge in [-0.15, -0.1) is 0 Å². The highest BCUT2D eigenvalue weighted by molar-refractivity contribution is 5.31. The fraction of sp³-hybridized carbons (Fsp3) is 0.143. The highest BCUT2D eigenvalue weighted by Gasteiger charge is 2.09. The first-order valence-electron chi connectivity index (χ1n) is 5.54. The third-order valence-electron chi connectivity index (χ3n) is 2.90. The van der Waals surface area contributed by atoms with Crippen LogP contribution in [0.15, 0.2) is 54.9 Å². The van der Waals surface area contributed by atoms with Crippen molar-refractivity contribution < 1.29 is 0 Å². The summed E-state index contributed by atoms with van der Waals surface area (Å²) in [5.41, 5.74) is 2.70. The highest BCUT2D eigenvalue weighted by Crippen LogP contribution is 2.15. The molecule has 0 fully saturated rings. The molecule has 2 heterocycles. The predicted molar refractivity (Wildman–Crippen MR) is 65.5 cm³/mol. The topological polar surface area (TPSA) is 8.17 Å². The van der Waals surface area contributed by atoms with Crippen LogP contribution in [0.4, 0.5) is 0 Å². The van der Waals surface area contributed by atoms with Gasteiger partial charge in [-0.3, -0.25) is 0 Å². The minimum absolute atomic E-state index is 0.975. The molecular formula is C14H14N2. The molecule has 0 saturated heterocycles. The van der Waals surface area contributed by atoms with E-state index >= 15 is 0 Å². The van der Waals surface area contributed by atoms with Gasteiger partial charge in [0.05, 0.1) is 6.54 Å². The van der Waals surface area contributed by atoms with Crippen LogP contribution in [0.5, 0.6) is 0 Å². The summed E-state index contributed by atoms with van der Waals surface area (Å²) < 4.78 is 2.17. The van der Waals surface area contributed by atoms with Crippen molar-refractivity contribution in [3.63, 3.8) is 0 Å². The van der Waals surface area contributed by atoms with E-state index in [9.17, 15) is 0 Å². The van der Waals surface area contributed by atoms with Crippen molar-refractivity contribution in [3.05, 3.63) is 66.1 Å². The van der Waals surface area contributed by atoms with Crippen molar-refractivity contribution in [1.29, 1.82) is 0 Å². The summed E-state index contributed by atoms with van der Waals surface area (Å²) in [6, 6.07) is 14.8. The lowest BCUT2D eigenvalue weighted by Gasteiger charge is -2.24. The maximum atomic E-state index is 2.32. The van der Waals surface area contributed by atoms with E-state index in [-0.39, 0.29) is 0 Å². The van der Waals surface area contributed by atoms with Crippen molar-refractivity contribution in [2.24, 2.45) is 0 Å². The monoisotopic (exact) mass is 210 g/mol. The lowest BCUT2D eigenvalue weighted by atomic mass is 10.2. The van der Waals surface area contributed by atoms with Gasteiger partial charge in [-0.05, 0) is 17.7 Å². The zero-order chi connectivity index (χ0) is 10.8. The maximum Gasteiger partial charge on any atom is 0.0584 e. The Balaban J connectivity index is 1.75. The standard InChI is InChI=1S/C14H14N2/c1-2-5-13(6-3-1)11-15-9-10-16-8-4-7-14(16)12-15/h1-10H,11-12H2. The van der Waals surface area contributed by atoms with Crippen LogP contribution in [0.3, 0.4) is 0 Å². The largest absolute Gasteiger partial charge is 0.366 e. The molecule has 3 rings (SSSR count). The number of benzene rings is 1. The number of hydrogen-bond acceptors (Lipinski definition) is 1. The van der Waals surface area contributed by atoms with Gasteiger partial charge in [0.2, 0.25) is 0 Å². The van der Waals surface area contributed by atoms with Gasteiger partial charge in [0, 0.05) is 30.8 Å². The number of hydrogen-bond donors (Lipinski definition) is 0. The number of nitrogens with zero attached hydrogens (tertiary/aromatic N) is 2. The molecule has 0 spiro atoms. The Kier molecular flexibility index (Phi) is 2.26. The lowest BCUT2D eigenvalue weighted by Crippen LogP contribution is -2.21. The molecule has 2 nitrogen and oxygen atoms in total. The van der Waals surface area contributed by atoms with Crippen LogP contribution in [-0.4, -0.2) is 9.47 Å². The van der Waals surface area contributed by atoms with Crippen LogP contribution in [0, 0.1) is 0 Å². The van der Waals surface area contributed by atoms with Gasteiger partial charge in [0.15, 0.2) is 0 Å². The minimum atomic E-state index is 0.975. The highest BCUT2D eigenvalue weighted by atomic mass is 15.2. The molecule has 0 aliphatic carbocycles. The molecule has 1 aromatic carbocycles. The van der Waals surface area contributed by atoms with Gasteiger partial charge in [0.1, 0.15) is 0 Å². The molecule has 1 aromatic heterocycles. The Labute approximate surface area is 95.4 Å². The molecule has 80 valence electrons. The first-order chi connectivity index (χ1) is 7.92. The summed E-state index contributed by atoms with van der Waals surface area (Å²) >= 11 is 0. The molecule has 16 heavy (non-hydrogen) atoms. The zero-order valence-electron chi connectivity index (χ0n) is 9.08. The van der Waals surface area contributed by atoms with E-state index in [0.29, 0.717) is 0 Å².